The Morgan fingerprint density at radius 1 is 1.43 bits per heavy atom. The van der Waals surface area contributed by atoms with Crippen LogP contribution in [0, 0.1) is 17.6 Å². The van der Waals surface area contributed by atoms with Crippen molar-refractivity contribution in [2.75, 3.05) is 11.9 Å². The molecule has 0 aromatic heterocycles. The SMILES string of the molecule is CC(C)CN=C1NC(=O)[C@@H](CC(=O)Nc2ccc(F)cc2F)S1. The van der Waals surface area contributed by atoms with Gasteiger partial charge in [-0.05, 0) is 18.1 Å². The fourth-order valence-electron chi connectivity index (χ4n) is 1.84. The summed E-state index contributed by atoms with van der Waals surface area (Å²) in [6, 6.07) is 2.87. The summed E-state index contributed by atoms with van der Waals surface area (Å²) in [5.74, 6) is -2.04. The molecule has 1 aromatic rings. The van der Waals surface area contributed by atoms with Crippen LogP contribution in [-0.4, -0.2) is 28.8 Å². The van der Waals surface area contributed by atoms with Gasteiger partial charge in [-0.15, -0.1) is 0 Å². The molecule has 1 atom stereocenters. The Kier molecular flexibility index (Phi) is 5.70. The summed E-state index contributed by atoms with van der Waals surface area (Å²) in [5, 5.41) is 4.84. The molecular weight excluding hydrogens is 324 g/mol. The number of amidine groups is 1. The molecule has 1 aliphatic heterocycles. The lowest BCUT2D eigenvalue weighted by Gasteiger charge is -2.08. The number of anilines is 1. The lowest BCUT2D eigenvalue weighted by Crippen LogP contribution is -2.28. The van der Waals surface area contributed by atoms with E-state index in [1.807, 2.05) is 13.8 Å². The molecule has 5 nitrogen and oxygen atoms in total. The number of thioether (sulfide) groups is 1. The van der Waals surface area contributed by atoms with Gasteiger partial charge < -0.3 is 10.6 Å². The van der Waals surface area contributed by atoms with Gasteiger partial charge in [-0.3, -0.25) is 14.6 Å². The Bertz CT molecular complexity index is 650. The number of hydrogen-bond donors (Lipinski definition) is 2. The molecule has 1 heterocycles. The molecular formula is C15H17F2N3O2S. The molecule has 2 amide bonds. The molecule has 0 radical (unpaired) electrons. The maximum absolute atomic E-state index is 13.5. The molecule has 0 saturated carbocycles. The van der Waals surface area contributed by atoms with Gasteiger partial charge in [-0.1, -0.05) is 25.6 Å². The molecule has 2 N–H and O–H groups in total. The number of carbonyl (C=O) groups is 2. The third kappa shape index (κ3) is 5.02. The van der Waals surface area contributed by atoms with Gasteiger partial charge in [-0.25, -0.2) is 8.78 Å². The molecule has 0 aliphatic carbocycles. The van der Waals surface area contributed by atoms with Gasteiger partial charge in [0.2, 0.25) is 11.8 Å². The van der Waals surface area contributed by atoms with E-state index in [0.29, 0.717) is 23.7 Å². The first-order chi connectivity index (χ1) is 10.8. The van der Waals surface area contributed by atoms with Gasteiger partial charge in [0.25, 0.3) is 0 Å². The summed E-state index contributed by atoms with van der Waals surface area (Å²) in [6.07, 6.45) is -0.117. The van der Waals surface area contributed by atoms with Gasteiger partial charge in [0.15, 0.2) is 5.17 Å². The number of aliphatic imine (C=N–C) groups is 1. The lowest BCUT2D eigenvalue weighted by molar-refractivity contribution is -0.122. The zero-order valence-electron chi connectivity index (χ0n) is 12.7. The topological polar surface area (TPSA) is 70.6 Å². The Hall–Kier alpha value is -1.96. The standard InChI is InChI=1S/C15H17F2N3O2S/c1-8(2)7-18-15-20-14(22)12(23-15)6-13(21)19-11-4-3-9(16)5-10(11)17/h3-5,8,12H,6-7H2,1-2H3,(H,19,21)(H,18,20,22)/t12-/m1/s1. The molecule has 2 rings (SSSR count). The smallest absolute Gasteiger partial charge is 0.240 e. The van der Waals surface area contributed by atoms with E-state index in [2.05, 4.69) is 15.6 Å². The summed E-state index contributed by atoms with van der Waals surface area (Å²) >= 11 is 1.18. The quantitative estimate of drug-likeness (QED) is 0.865. The molecule has 124 valence electrons. The average Bonchev–Trinajstić information content (AvgIpc) is 2.80. The normalized spacial score (nSPS) is 19.3. The van der Waals surface area contributed by atoms with Crippen LogP contribution in [0.15, 0.2) is 23.2 Å². The van der Waals surface area contributed by atoms with Crippen LogP contribution in [0.4, 0.5) is 14.5 Å². The number of carbonyl (C=O) groups excluding carboxylic acids is 2. The number of halogens is 2. The highest BCUT2D eigenvalue weighted by molar-refractivity contribution is 8.15. The van der Waals surface area contributed by atoms with Crippen molar-refractivity contribution >= 4 is 34.4 Å². The number of rotatable bonds is 5. The van der Waals surface area contributed by atoms with E-state index < -0.39 is 22.8 Å². The first-order valence-corrected chi connectivity index (χ1v) is 8.00. The second kappa shape index (κ2) is 7.54. The van der Waals surface area contributed by atoms with Crippen LogP contribution < -0.4 is 10.6 Å². The van der Waals surface area contributed by atoms with Crippen molar-refractivity contribution in [3.05, 3.63) is 29.8 Å². The molecule has 0 bridgehead atoms. The van der Waals surface area contributed by atoms with E-state index in [1.165, 1.54) is 11.8 Å². The van der Waals surface area contributed by atoms with Gasteiger partial charge >= 0.3 is 0 Å². The first kappa shape index (κ1) is 17.4. The van der Waals surface area contributed by atoms with Crippen LogP contribution in [0.2, 0.25) is 0 Å². The minimum absolute atomic E-state index is 0.117. The molecule has 0 unspecified atom stereocenters. The second-order valence-corrected chi connectivity index (χ2v) is 6.70. The maximum atomic E-state index is 13.5. The molecule has 1 aromatic carbocycles. The summed E-state index contributed by atoms with van der Waals surface area (Å²) in [5.41, 5.74) is -0.117. The van der Waals surface area contributed by atoms with Crippen molar-refractivity contribution in [3.63, 3.8) is 0 Å². The van der Waals surface area contributed by atoms with Gasteiger partial charge in [0.1, 0.15) is 16.9 Å². The van der Waals surface area contributed by atoms with E-state index in [0.717, 1.165) is 12.1 Å². The zero-order valence-corrected chi connectivity index (χ0v) is 13.5. The van der Waals surface area contributed by atoms with Crippen molar-refractivity contribution < 1.29 is 18.4 Å². The van der Waals surface area contributed by atoms with E-state index in [-0.39, 0.29) is 18.0 Å². The first-order valence-electron chi connectivity index (χ1n) is 7.12. The highest BCUT2D eigenvalue weighted by atomic mass is 32.2. The maximum Gasteiger partial charge on any atom is 0.240 e. The number of amides is 2. The molecule has 1 fully saturated rings. The number of hydrogen-bond acceptors (Lipinski definition) is 4. The van der Waals surface area contributed by atoms with Crippen LogP contribution in [0.3, 0.4) is 0 Å². The van der Waals surface area contributed by atoms with Crippen LogP contribution in [0.25, 0.3) is 0 Å². The largest absolute Gasteiger partial charge is 0.324 e. The fraction of sp³-hybridized carbons (Fsp3) is 0.400. The van der Waals surface area contributed by atoms with Crippen LogP contribution in [0.1, 0.15) is 20.3 Å². The second-order valence-electron chi connectivity index (χ2n) is 5.51. The summed E-state index contributed by atoms with van der Waals surface area (Å²) in [4.78, 5) is 28.0. The van der Waals surface area contributed by atoms with Crippen molar-refractivity contribution in [2.45, 2.75) is 25.5 Å². The number of nitrogens with zero attached hydrogens (tertiary/aromatic N) is 1. The van der Waals surface area contributed by atoms with Crippen molar-refractivity contribution in [2.24, 2.45) is 10.9 Å². The molecule has 8 heteroatoms. The Morgan fingerprint density at radius 2 is 2.17 bits per heavy atom. The monoisotopic (exact) mass is 341 g/mol. The summed E-state index contributed by atoms with van der Waals surface area (Å²) < 4.78 is 26.3. The zero-order chi connectivity index (χ0) is 17.0. The fourth-order valence-corrected chi connectivity index (χ4v) is 2.82. The number of nitrogens with one attached hydrogen (secondary N) is 2. The van der Waals surface area contributed by atoms with Gasteiger partial charge in [-0.2, -0.15) is 0 Å². The lowest BCUT2D eigenvalue weighted by atomic mass is 10.2. The van der Waals surface area contributed by atoms with Gasteiger partial charge in [0.05, 0.1) is 5.69 Å². The van der Waals surface area contributed by atoms with Gasteiger partial charge in [0, 0.05) is 19.0 Å². The highest BCUT2D eigenvalue weighted by Gasteiger charge is 2.32. The molecule has 1 saturated heterocycles. The summed E-state index contributed by atoms with van der Waals surface area (Å²) in [7, 11) is 0. The van der Waals surface area contributed by atoms with Crippen molar-refractivity contribution in [1.82, 2.24) is 5.32 Å². The van der Waals surface area contributed by atoms with E-state index in [4.69, 9.17) is 0 Å². The Balaban J connectivity index is 1.92. The third-order valence-electron chi connectivity index (χ3n) is 2.95. The molecule has 0 spiro atoms. The Morgan fingerprint density at radius 3 is 2.83 bits per heavy atom. The number of benzene rings is 1. The van der Waals surface area contributed by atoms with Crippen LogP contribution in [0.5, 0.6) is 0 Å². The average molecular weight is 341 g/mol. The summed E-state index contributed by atoms with van der Waals surface area (Å²) in [6.45, 7) is 4.60. The van der Waals surface area contributed by atoms with Crippen LogP contribution >= 0.6 is 11.8 Å². The third-order valence-corrected chi connectivity index (χ3v) is 4.07. The van der Waals surface area contributed by atoms with Crippen LogP contribution in [-0.2, 0) is 9.59 Å². The highest BCUT2D eigenvalue weighted by Crippen LogP contribution is 2.23. The molecule has 1 aliphatic rings. The Labute approximate surface area is 136 Å². The minimum Gasteiger partial charge on any atom is -0.324 e. The molecule has 23 heavy (non-hydrogen) atoms. The minimum atomic E-state index is -0.860. The van der Waals surface area contributed by atoms with E-state index in [9.17, 15) is 18.4 Å². The van der Waals surface area contributed by atoms with E-state index in [1.54, 1.807) is 0 Å². The van der Waals surface area contributed by atoms with Crippen molar-refractivity contribution in [1.29, 1.82) is 0 Å². The predicted octanol–water partition coefficient (Wildman–Crippen LogP) is 2.54. The van der Waals surface area contributed by atoms with E-state index >= 15 is 0 Å². The van der Waals surface area contributed by atoms with Crippen molar-refractivity contribution in [3.8, 4) is 0 Å². The predicted molar refractivity (Wildman–Crippen MR) is 86.3 cm³/mol.